The molecule has 1 heterocycles. The maximum atomic E-state index is 3.60. The van der Waals surface area contributed by atoms with E-state index in [1.165, 1.54) is 155 Å². The number of rotatable bonds is 8. The Bertz CT molecular complexity index is 3180. The summed E-state index contributed by atoms with van der Waals surface area (Å²) in [7, 11) is 8.56. The number of unbranched alkanes of at least 4 members (excludes halogenated alkanes) is 4. The summed E-state index contributed by atoms with van der Waals surface area (Å²) in [6.45, 7) is 35.1. The van der Waals surface area contributed by atoms with Gasteiger partial charge in [-0.15, -0.1) is 138 Å². The minimum Gasteiger partial charge on any atom is -0.343 e. The van der Waals surface area contributed by atoms with Crippen LogP contribution in [0.25, 0.3) is 87.6 Å². The van der Waals surface area contributed by atoms with Gasteiger partial charge < -0.3 is 27.7 Å². The Morgan fingerprint density at radius 2 is 0.467 bits per heavy atom. The summed E-state index contributed by atoms with van der Waals surface area (Å²) in [4.78, 5) is 0. The molecule has 1 saturated heterocycles. The van der Waals surface area contributed by atoms with Crippen molar-refractivity contribution in [3.63, 3.8) is 0 Å². The second-order valence-electron chi connectivity index (χ2n) is 21.7. The molecule has 6 heteroatoms. The molecule has 470 valence electrons. The molecule has 12 aromatic rings. The van der Waals surface area contributed by atoms with Crippen LogP contribution in [-0.2, 0) is 51.7 Å². The van der Waals surface area contributed by atoms with E-state index >= 15 is 0 Å². The van der Waals surface area contributed by atoms with Gasteiger partial charge in [0.15, 0.2) is 0 Å². The largest absolute Gasteiger partial charge is 4.00 e. The molecule has 1 aliphatic heterocycles. The number of fused-ring (bicyclic) bond motifs is 4. The zero-order valence-corrected chi connectivity index (χ0v) is 68.6. The van der Waals surface area contributed by atoms with Crippen molar-refractivity contribution in [3.05, 3.63) is 293 Å². The molecule has 0 N–H and O–H groups in total. The molecule has 0 nitrogen and oxygen atoms in total. The van der Waals surface area contributed by atoms with Crippen LogP contribution in [0.4, 0.5) is 0 Å². The molecule has 0 atom stereocenters. The summed E-state index contributed by atoms with van der Waals surface area (Å²) in [5.41, 5.74) is 15.8. The molecule has 92 heavy (non-hydrogen) atoms. The molecule has 1 aliphatic rings. The minimum atomic E-state index is 0. The van der Waals surface area contributed by atoms with Crippen LogP contribution in [0.3, 0.4) is 0 Å². The van der Waals surface area contributed by atoms with E-state index in [-0.39, 0.29) is 51.7 Å². The fraction of sp³-hybridized carbons (Fsp3) is 0.256. The van der Waals surface area contributed by atoms with Crippen LogP contribution in [-0.4, -0.2) is 39.5 Å². The first-order valence-electron chi connectivity index (χ1n) is 32.5. The summed E-state index contributed by atoms with van der Waals surface area (Å²) in [6.07, 6.45) is 9.11. The molecule has 0 unspecified atom stereocenters. The summed E-state index contributed by atoms with van der Waals surface area (Å²) in [5.74, 6) is 0. The van der Waals surface area contributed by atoms with Crippen molar-refractivity contribution in [2.45, 2.75) is 144 Å². The first-order valence-corrected chi connectivity index (χ1v) is 37.3. The van der Waals surface area contributed by atoms with Crippen LogP contribution in [0, 0.1) is 55.4 Å². The minimum absolute atomic E-state index is 0. The molecule has 0 spiro atoms. The molecule has 12 aromatic carbocycles. The van der Waals surface area contributed by atoms with Crippen molar-refractivity contribution in [3.8, 4) is 44.5 Å². The van der Waals surface area contributed by atoms with Crippen molar-refractivity contribution >= 4 is 82.6 Å². The van der Waals surface area contributed by atoms with Gasteiger partial charge in [0.05, 0.1) is 0 Å². The number of hydrogen-bond donors (Lipinski definition) is 0. The van der Waals surface area contributed by atoms with Gasteiger partial charge >= 0.3 is 51.7 Å². The SMILES string of the molecule is C1C[Si]CC[Si]1.C[Si].C[Si].Cc1cc2c(-c3ccccc3)cccc2[cH-]1.Cc1cc2c(-c3ccccc3)cccc2[cH-]1.Cc1cc2c(-c3ccccc3)cccc2[cH-]1.Cc1cc2c(-c3ccccc3)cccc2[cH-]1.[CH2-]CCC.[CH2-]CCC.[CH2-]CCC.[CH2-]CCC.[Hf+4].[Hf+4]. The third-order valence-electron chi connectivity index (χ3n) is 14.3. The Labute approximate surface area is 609 Å². The van der Waals surface area contributed by atoms with Gasteiger partial charge in [-0.05, 0) is 22.3 Å². The van der Waals surface area contributed by atoms with Crippen molar-refractivity contribution in [1.29, 1.82) is 0 Å². The third kappa shape index (κ3) is 30.0. The zero-order valence-electron chi connectivity index (χ0n) is 57.4. The number of aryl methyl sites for hydroxylation is 4. The summed E-state index contributed by atoms with van der Waals surface area (Å²) in [5, 5.41) is 10.7. The molecule has 0 amide bonds. The zero-order chi connectivity index (χ0) is 65.7. The second kappa shape index (κ2) is 52.1. The normalized spacial score (nSPS) is 10.5. The van der Waals surface area contributed by atoms with Gasteiger partial charge in [0.1, 0.15) is 0 Å². The van der Waals surface area contributed by atoms with Crippen LogP contribution in [0.2, 0.25) is 37.3 Å². The summed E-state index contributed by atoms with van der Waals surface area (Å²) < 4.78 is 0. The van der Waals surface area contributed by atoms with E-state index in [0.29, 0.717) is 0 Å². The monoisotopic (exact) mass is 1610 g/mol. The molecular weight excluding hydrogens is 1500 g/mol. The predicted octanol–water partition coefficient (Wildman–Crippen LogP) is 26.1. The van der Waals surface area contributed by atoms with E-state index < -0.39 is 0 Å². The molecular formula is C86H102Hf2Si4. The molecule has 0 aliphatic carbocycles. The van der Waals surface area contributed by atoms with Gasteiger partial charge in [-0.3, -0.25) is 0 Å². The van der Waals surface area contributed by atoms with Gasteiger partial charge in [-0.25, -0.2) is 0 Å². The van der Waals surface area contributed by atoms with E-state index in [0.717, 1.165) is 25.7 Å². The van der Waals surface area contributed by atoms with Crippen LogP contribution in [0.5, 0.6) is 0 Å². The number of hydrogen-bond acceptors (Lipinski definition) is 0. The van der Waals surface area contributed by atoms with Crippen molar-refractivity contribution in [2.24, 2.45) is 0 Å². The van der Waals surface area contributed by atoms with Gasteiger partial charge in [-0.1, -0.05) is 286 Å². The third-order valence-corrected chi connectivity index (χ3v) is 17.7. The molecule has 13 rings (SSSR count). The van der Waals surface area contributed by atoms with Crippen LogP contribution in [0.1, 0.15) is 101 Å². The van der Waals surface area contributed by atoms with Crippen LogP contribution >= 0.6 is 0 Å². The average Bonchev–Trinajstić information content (AvgIpc) is 1.72. The summed E-state index contributed by atoms with van der Waals surface area (Å²) in [6, 6.07) is 92.4. The summed E-state index contributed by atoms with van der Waals surface area (Å²) >= 11 is 0. The van der Waals surface area contributed by atoms with E-state index in [4.69, 9.17) is 0 Å². The van der Waals surface area contributed by atoms with Gasteiger partial charge in [0, 0.05) is 39.5 Å². The van der Waals surface area contributed by atoms with Gasteiger partial charge in [0.25, 0.3) is 0 Å². The van der Waals surface area contributed by atoms with Gasteiger partial charge in [-0.2, -0.15) is 49.9 Å². The molecule has 0 bridgehead atoms. The average molecular weight is 1610 g/mol. The standard InChI is InChI=1S/4C16H13.C4H8Si2.4C4H9.2CH3Si.2Hf/c4*1-12-10-14-8-5-9-15(16(14)11-12)13-6-3-2-4-7-13;1-2-6-4-3-5-1;4*1-3-4-2;2*1-2;;/h4*2-11H,1H3;1-4H2;4*1,3-4H2,2H3;2*1H3;;/q4*-1;;4*-1;;;2*+4. The predicted molar refractivity (Wildman–Crippen MR) is 414 cm³/mol. The second-order valence-corrected chi connectivity index (χ2v) is 24.7. The Kier molecular flexibility index (Phi) is 48.1. The maximum absolute atomic E-state index is 3.60. The fourth-order valence-corrected chi connectivity index (χ4v) is 12.9. The van der Waals surface area contributed by atoms with Crippen molar-refractivity contribution in [2.75, 3.05) is 0 Å². The first-order chi connectivity index (χ1) is 44.0. The Hall–Kier alpha value is -5.19. The fourth-order valence-electron chi connectivity index (χ4n) is 9.62. The topological polar surface area (TPSA) is 0 Å². The maximum Gasteiger partial charge on any atom is 4.00 e. The Balaban J connectivity index is 0.000000541. The van der Waals surface area contributed by atoms with E-state index in [9.17, 15) is 0 Å². The molecule has 1 fully saturated rings. The molecule has 0 saturated carbocycles. The molecule has 0 aromatic heterocycles. The van der Waals surface area contributed by atoms with Gasteiger partial charge in [0.2, 0.25) is 0 Å². The Morgan fingerprint density at radius 1 is 0.293 bits per heavy atom. The Morgan fingerprint density at radius 3 is 0.620 bits per heavy atom. The quantitative estimate of drug-likeness (QED) is 0.105. The number of benzene rings is 8. The van der Waals surface area contributed by atoms with E-state index in [1.54, 1.807) is 37.3 Å². The van der Waals surface area contributed by atoms with Crippen molar-refractivity contribution < 1.29 is 51.7 Å². The van der Waals surface area contributed by atoms with Crippen LogP contribution < -0.4 is 0 Å². The van der Waals surface area contributed by atoms with E-state index in [1.807, 2.05) is 0 Å². The van der Waals surface area contributed by atoms with Crippen LogP contribution in [0.15, 0.2) is 243 Å². The first kappa shape index (κ1) is 84.8. The van der Waals surface area contributed by atoms with Crippen molar-refractivity contribution in [1.82, 2.24) is 0 Å². The molecule has 10 radical (unpaired) electrons. The van der Waals surface area contributed by atoms with E-state index in [2.05, 4.69) is 346 Å². The smallest absolute Gasteiger partial charge is 0.343 e.